The smallest absolute Gasteiger partial charge is 0.465 e. The third-order valence-electron chi connectivity index (χ3n) is 2.15. The Morgan fingerprint density at radius 1 is 1.39 bits per heavy atom. The summed E-state index contributed by atoms with van der Waals surface area (Å²) >= 11 is 0. The molecule has 1 aromatic carbocycles. The van der Waals surface area contributed by atoms with Crippen LogP contribution in [0.1, 0.15) is 21.5 Å². The molecule has 96 valence electrons. The molecule has 18 heavy (non-hydrogen) atoms. The fraction of sp³-hybridized carbons (Fsp3) is 0.273. The Bertz CT molecular complexity index is 517. The zero-order valence-electron chi connectivity index (χ0n) is 9.46. The number of methoxy groups -OCH3 is 1. The minimum atomic E-state index is -4.94. The number of ether oxygens (including phenoxy) is 2. The SMILES string of the molecule is COC(=O)c1ccc(C#N)c(OC(F)(F)F)c1C. The number of hydrogen-bond acceptors (Lipinski definition) is 4. The van der Waals surface area contributed by atoms with Crippen molar-refractivity contribution in [2.45, 2.75) is 13.3 Å². The Morgan fingerprint density at radius 2 is 2.00 bits per heavy atom. The molecule has 0 N–H and O–H groups in total. The van der Waals surface area contributed by atoms with E-state index in [0.29, 0.717) is 0 Å². The van der Waals surface area contributed by atoms with Gasteiger partial charge < -0.3 is 9.47 Å². The van der Waals surface area contributed by atoms with E-state index in [1.54, 1.807) is 6.07 Å². The molecular formula is C11H8F3NO3. The van der Waals surface area contributed by atoms with E-state index in [4.69, 9.17) is 5.26 Å². The van der Waals surface area contributed by atoms with Crippen LogP contribution in [0.4, 0.5) is 13.2 Å². The largest absolute Gasteiger partial charge is 0.573 e. The average molecular weight is 259 g/mol. The number of nitriles is 1. The van der Waals surface area contributed by atoms with Gasteiger partial charge in [-0.3, -0.25) is 0 Å². The second-order valence-corrected chi connectivity index (χ2v) is 3.27. The highest BCUT2D eigenvalue weighted by Crippen LogP contribution is 2.31. The number of halogens is 3. The molecule has 0 unspecified atom stereocenters. The van der Waals surface area contributed by atoms with E-state index < -0.39 is 18.1 Å². The fourth-order valence-electron chi connectivity index (χ4n) is 1.36. The third kappa shape index (κ3) is 2.91. The number of alkyl halides is 3. The van der Waals surface area contributed by atoms with Gasteiger partial charge in [0.1, 0.15) is 6.07 Å². The molecule has 0 saturated heterocycles. The molecule has 0 saturated carbocycles. The number of rotatable bonds is 2. The van der Waals surface area contributed by atoms with E-state index >= 15 is 0 Å². The molecule has 7 heteroatoms. The third-order valence-corrected chi connectivity index (χ3v) is 2.15. The number of esters is 1. The van der Waals surface area contributed by atoms with Gasteiger partial charge in [0, 0.05) is 5.56 Å². The molecule has 0 radical (unpaired) electrons. The van der Waals surface area contributed by atoms with Crippen LogP contribution in [0, 0.1) is 18.3 Å². The molecule has 0 aliphatic rings. The lowest BCUT2D eigenvalue weighted by Gasteiger charge is -2.14. The van der Waals surface area contributed by atoms with Crippen LogP contribution in [-0.4, -0.2) is 19.4 Å². The summed E-state index contributed by atoms with van der Waals surface area (Å²) in [4.78, 5) is 11.3. The van der Waals surface area contributed by atoms with Crippen molar-refractivity contribution in [1.29, 1.82) is 5.26 Å². The highest BCUT2D eigenvalue weighted by atomic mass is 19.4. The van der Waals surface area contributed by atoms with Gasteiger partial charge >= 0.3 is 12.3 Å². The van der Waals surface area contributed by atoms with E-state index in [1.807, 2.05) is 0 Å². The monoisotopic (exact) mass is 259 g/mol. The molecule has 4 nitrogen and oxygen atoms in total. The predicted octanol–water partition coefficient (Wildman–Crippen LogP) is 2.55. The lowest BCUT2D eigenvalue weighted by Crippen LogP contribution is -2.19. The maximum atomic E-state index is 12.2. The van der Waals surface area contributed by atoms with Crippen LogP contribution in [0.3, 0.4) is 0 Å². The molecule has 0 bridgehead atoms. The lowest BCUT2D eigenvalue weighted by atomic mass is 10.0. The summed E-state index contributed by atoms with van der Waals surface area (Å²) in [5.41, 5.74) is -0.494. The van der Waals surface area contributed by atoms with Crippen LogP contribution < -0.4 is 4.74 Å². The van der Waals surface area contributed by atoms with Crippen LogP contribution >= 0.6 is 0 Å². The van der Waals surface area contributed by atoms with Gasteiger partial charge in [-0.2, -0.15) is 5.26 Å². The van der Waals surface area contributed by atoms with Gasteiger partial charge in [-0.1, -0.05) is 0 Å². The predicted molar refractivity (Wildman–Crippen MR) is 53.9 cm³/mol. The summed E-state index contributed by atoms with van der Waals surface area (Å²) in [6, 6.07) is 3.85. The van der Waals surface area contributed by atoms with Crippen molar-refractivity contribution in [3.05, 3.63) is 28.8 Å². The van der Waals surface area contributed by atoms with Crippen LogP contribution in [-0.2, 0) is 4.74 Å². The number of carbonyl (C=O) groups is 1. The van der Waals surface area contributed by atoms with E-state index in [9.17, 15) is 18.0 Å². The first-order valence-electron chi connectivity index (χ1n) is 4.68. The standard InChI is InChI=1S/C11H8F3NO3/c1-6-8(10(16)17-2)4-3-7(5-15)9(6)18-11(12,13)14/h3-4H,1-2H3. The summed E-state index contributed by atoms with van der Waals surface area (Å²) in [5, 5.41) is 8.71. The average Bonchev–Trinajstić information content (AvgIpc) is 2.29. The molecule has 0 aliphatic carbocycles. The minimum absolute atomic E-state index is 0.0873. The van der Waals surface area contributed by atoms with Gasteiger partial charge in [-0.15, -0.1) is 13.2 Å². The van der Waals surface area contributed by atoms with Crippen LogP contribution in [0.5, 0.6) is 5.75 Å². The van der Waals surface area contributed by atoms with Crippen LogP contribution in [0.2, 0.25) is 0 Å². The quantitative estimate of drug-likeness (QED) is 0.766. The van der Waals surface area contributed by atoms with E-state index in [-0.39, 0.29) is 16.7 Å². The summed E-state index contributed by atoms with van der Waals surface area (Å²) in [5.74, 6) is -1.49. The zero-order valence-corrected chi connectivity index (χ0v) is 9.46. The van der Waals surface area contributed by atoms with Crippen LogP contribution in [0.15, 0.2) is 12.1 Å². The van der Waals surface area contributed by atoms with Gasteiger partial charge in [-0.25, -0.2) is 4.79 Å². The number of benzene rings is 1. The van der Waals surface area contributed by atoms with E-state index in [0.717, 1.165) is 13.2 Å². The number of nitrogens with zero attached hydrogens (tertiary/aromatic N) is 1. The zero-order chi connectivity index (χ0) is 13.9. The lowest BCUT2D eigenvalue weighted by molar-refractivity contribution is -0.275. The molecule has 0 spiro atoms. The normalized spacial score (nSPS) is 10.7. The molecule has 0 atom stereocenters. The van der Waals surface area contributed by atoms with Gasteiger partial charge in [0.15, 0.2) is 5.75 Å². The molecule has 1 rings (SSSR count). The van der Waals surface area contributed by atoms with Crippen LogP contribution in [0.25, 0.3) is 0 Å². The van der Waals surface area contributed by atoms with Crippen molar-refractivity contribution in [3.8, 4) is 11.8 Å². The highest BCUT2D eigenvalue weighted by Gasteiger charge is 2.33. The maximum Gasteiger partial charge on any atom is 0.573 e. The number of hydrogen-bond donors (Lipinski definition) is 0. The molecule has 0 amide bonds. The summed E-state index contributed by atoms with van der Waals surface area (Å²) in [6.45, 7) is 1.24. The summed E-state index contributed by atoms with van der Waals surface area (Å²) in [6.07, 6.45) is -4.94. The maximum absolute atomic E-state index is 12.2. The molecular weight excluding hydrogens is 251 g/mol. The van der Waals surface area contributed by atoms with Gasteiger partial charge in [0.2, 0.25) is 0 Å². The van der Waals surface area contributed by atoms with Gasteiger partial charge in [0.05, 0.1) is 18.2 Å². The first-order chi connectivity index (χ1) is 8.30. The molecule has 0 aliphatic heterocycles. The molecule has 0 fully saturated rings. The second-order valence-electron chi connectivity index (χ2n) is 3.27. The van der Waals surface area contributed by atoms with E-state index in [2.05, 4.69) is 9.47 Å². The van der Waals surface area contributed by atoms with Crippen molar-refractivity contribution in [1.82, 2.24) is 0 Å². The first-order valence-corrected chi connectivity index (χ1v) is 4.68. The Hall–Kier alpha value is -2.23. The summed E-state index contributed by atoms with van der Waals surface area (Å²) < 4.78 is 44.8. The van der Waals surface area contributed by atoms with E-state index in [1.165, 1.54) is 13.0 Å². The van der Waals surface area contributed by atoms with Crippen molar-refractivity contribution >= 4 is 5.97 Å². The minimum Gasteiger partial charge on any atom is -0.465 e. The van der Waals surface area contributed by atoms with Crippen molar-refractivity contribution in [2.24, 2.45) is 0 Å². The Morgan fingerprint density at radius 3 is 2.44 bits per heavy atom. The molecule has 0 aromatic heterocycles. The van der Waals surface area contributed by atoms with Crippen molar-refractivity contribution < 1.29 is 27.4 Å². The Labute approximate surface area is 101 Å². The van der Waals surface area contributed by atoms with Crippen molar-refractivity contribution in [2.75, 3.05) is 7.11 Å². The first kappa shape index (κ1) is 13.8. The molecule has 0 heterocycles. The Balaban J connectivity index is 3.37. The second kappa shape index (κ2) is 4.96. The number of carbonyl (C=O) groups excluding carboxylic acids is 1. The molecule has 1 aromatic rings. The van der Waals surface area contributed by atoms with Crippen molar-refractivity contribution in [3.63, 3.8) is 0 Å². The fourth-order valence-corrected chi connectivity index (χ4v) is 1.36. The topological polar surface area (TPSA) is 59.3 Å². The van der Waals surface area contributed by atoms with Gasteiger partial charge in [-0.05, 0) is 19.1 Å². The highest BCUT2D eigenvalue weighted by molar-refractivity contribution is 5.92. The summed E-state index contributed by atoms with van der Waals surface area (Å²) in [7, 11) is 1.10. The Kier molecular flexibility index (Phi) is 3.81. The van der Waals surface area contributed by atoms with Gasteiger partial charge in [0.25, 0.3) is 0 Å².